The van der Waals surface area contributed by atoms with E-state index in [2.05, 4.69) is 15.5 Å². The number of nitrogens with zero attached hydrogens (tertiary/aromatic N) is 3. The fraction of sp³-hybridized carbons (Fsp3) is 0.727. The van der Waals surface area contributed by atoms with Gasteiger partial charge in [0.25, 0.3) is 0 Å². The fourth-order valence-electron chi connectivity index (χ4n) is 2.16. The van der Waals surface area contributed by atoms with Crippen LogP contribution in [-0.2, 0) is 18.0 Å². The molecule has 1 aromatic rings. The van der Waals surface area contributed by atoms with Gasteiger partial charge in [0.1, 0.15) is 0 Å². The van der Waals surface area contributed by atoms with Gasteiger partial charge in [-0.05, 0) is 12.8 Å². The third-order valence-corrected chi connectivity index (χ3v) is 4.16. The Labute approximate surface area is 118 Å². The van der Waals surface area contributed by atoms with Gasteiger partial charge in [0.05, 0.1) is 5.75 Å². The summed E-state index contributed by atoms with van der Waals surface area (Å²) in [4.78, 5) is 11.7. The molecule has 1 saturated carbocycles. The largest absolute Gasteiger partial charge is 0.451 e. The first-order chi connectivity index (χ1) is 9.38. The molecule has 0 atom stereocenters. The Morgan fingerprint density at radius 2 is 2.05 bits per heavy atom. The van der Waals surface area contributed by atoms with E-state index in [1.807, 2.05) is 0 Å². The number of thioether (sulfide) groups is 1. The van der Waals surface area contributed by atoms with E-state index < -0.39 is 12.0 Å². The maximum Gasteiger partial charge on any atom is 0.451 e. The van der Waals surface area contributed by atoms with Gasteiger partial charge in [-0.2, -0.15) is 13.2 Å². The summed E-state index contributed by atoms with van der Waals surface area (Å²) in [7, 11) is 1.24. The van der Waals surface area contributed by atoms with Crippen LogP contribution in [0.1, 0.15) is 31.5 Å². The predicted molar refractivity (Wildman–Crippen MR) is 67.1 cm³/mol. The number of carbonyl (C=O) groups is 1. The van der Waals surface area contributed by atoms with Crippen molar-refractivity contribution in [1.29, 1.82) is 0 Å². The Morgan fingerprint density at radius 1 is 1.40 bits per heavy atom. The van der Waals surface area contributed by atoms with Gasteiger partial charge in [-0.3, -0.25) is 4.79 Å². The Balaban J connectivity index is 1.87. The average Bonchev–Trinajstić information content (AvgIpc) is 2.95. The van der Waals surface area contributed by atoms with Gasteiger partial charge in [0.2, 0.25) is 11.7 Å². The first-order valence-electron chi connectivity index (χ1n) is 6.26. The number of halogens is 3. The van der Waals surface area contributed by atoms with Crippen LogP contribution >= 0.6 is 11.8 Å². The molecular formula is C11H15F3N4OS. The third kappa shape index (κ3) is 3.65. The summed E-state index contributed by atoms with van der Waals surface area (Å²) in [6.07, 6.45) is -0.378. The molecule has 0 aliphatic heterocycles. The first-order valence-corrected chi connectivity index (χ1v) is 7.25. The van der Waals surface area contributed by atoms with Gasteiger partial charge >= 0.3 is 6.18 Å². The van der Waals surface area contributed by atoms with Crippen LogP contribution in [0.3, 0.4) is 0 Å². The molecule has 2 rings (SSSR count). The molecule has 1 heterocycles. The first kappa shape index (κ1) is 15.1. The molecule has 0 saturated heterocycles. The number of hydrogen-bond acceptors (Lipinski definition) is 4. The van der Waals surface area contributed by atoms with Crippen molar-refractivity contribution >= 4 is 17.7 Å². The molecule has 1 aromatic heterocycles. The summed E-state index contributed by atoms with van der Waals surface area (Å²) in [6, 6.07) is 0.202. The number of amides is 1. The van der Waals surface area contributed by atoms with Crippen LogP contribution in [0.15, 0.2) is 5.16 Å². The molecule has 5 nitrogen and oxygen atoms in total. The molecule has 0 bridgehead atoms. The summed E-state index contributed by atoms with van der Waals surface area (Å²) in [5, 5.41) is 9.51. The minimum absolute atomic E-state index is 0.0420. The summed E-state index contributed by atoms with van der Waals surface area (Å²) < 4.78 is 38.4. The third-order valence-electron chi connectivity index (χ3n) is 3.14. The summed E-state index contributed by atoms with van der Waals surface area (Å²) in [5.41, 5.74) is 0. The second kappa shape index (κ2) is 6.02. The van der Waals surface area contributed by atoms with E-state index in [0.29, 0.717) is 0 Å². The molecular weight excluding hydrogens is 293 g/mol. The highest BCUT2D eigenvalue weighted by Gasteiger charge is 2.37. The van der Waals surface area contributed by atoms with E-state index in [-0.39, 0.29) is 22.9 Å². The summed E-state index contributed by atoms with van der Waals surface area (Å²) in [5.74, 6) is -1.20. The van der Waals surface area contributed by atoms with Crippen molar-refractivity contribution in [1.82, 2.24) is 20.1 Å². The van der Waals surface area contributed by atoms with Crippen LogP contribution in [0.5, 0.6) is 0 Å². The van der Waals surface area contributed by atoms with Gasteiger partial charge in [0.15, 0.2) is 5.16 Å². The van der Waals surface area contributed by atoms with Crippen molar-refractivity contribution in [3.8, 4) is 0 Å². The van der Waals surface area contributed by atoms with E-state index in [0.717, 1.165) is 42.0 Å². The minimum Gasteiger partial charge on any atom is -0.353 e. The smallest absolute Gasteiger partial charge is 0.353 e. The zero-order chi connectivity index (χ0) is 14.8. The Bertz CT molecular complexity index is 483. The maximum atomic E-state index is 12.5. The van der Waals surface area contributed by atoms with Crippen LogP contribution in [0.4, 0.5) is 13.2 Å². The summed E-state index contributed by atoms with van der Waals surface area (Å²) in [6.45, 7) is 0. The standard InChI is InChI=1S/C11H15F3N4OS/c1-18-9(11(12,13)14)16-17-10(18)20-6-8(19)15-7-4-2-3-5-7/h7H,2-6H2,1H3,(H,15,19). The lowest BCUT2D eigenvalue weighted by Crippen LogP contribution is -2.33. The average molecular weight is 308 g/mol. The van der Waals surface area contributed by atoms with Crippen molar-refractivity contribution in [2.75, 3.05) is 5.75 Å². The number of nitrogens with one attached hydrogen (secondary N) is 1. The van der Waals surface area contributed by atoms with Gasteiger partial charge in [0, 0.05) is 13.1 Å². The van der Waals surface area contributed by atoms with E-state index in [1.165, 1.54) is 7.05 Å². The van der Waals surface area contributed by atoms with Crippen LogP contribution < -0.4 is 5.32 Å². The lowest BCUT2D eigenvalue weighted by molar-refractivity contribution is -0.147. The SMILES string of the molecule is Cn1c(SCC(=O)NC2CCCC2)nnc1C(F)(F)F. The topological polar surface area (TPSA) is 59.8 Å². The zero-order valence-corrected chi connectivity index (χ0v) is 11.7. The van der Waals surface area contributed by atoms with Crippen LogP contribution in [0, 0.1) is 0 Å². The number of alkyl halides is 3. The summed E-state index contributed by atoms with van der Waals surface area (Å²) >= 11 is 0.953. The van der Waals surface area contributed by atoms with E-state index in [4.69, 9.17) is 0 Å². The Morgan fingerprint density at radius 3 is 2.60 bits per heavy atom. The van der Waals surface area contributed by atoms with Crippen molar-refractivity contribution in [3.63, 3.8) is 0 Å². The normalized spacial score (nSPS) is 16.6. The molecule has 1 N–H and O–H groups in total. The van der Waals surface area contributed by atoms with E-state index >= 15 is 0 Å². The number of aromatic nitrogens is 3. The molecule has 9 heteroatoms. The zero-order valence-electron chi connectivity index (χ0n) is 10.9. The van der Waals surface area contributed by atoms with Crippen molar-refractivity contribution < 1.29 is 18.0 Å². The number of carbonyl (C=O) groups excluding carboxylic acids is 1. The Kier molecular flexibility index (Phi) is 4.56. The van der Waals surface area contributed by atoms with Gasteiger partial charge < -0.3 is 9.88 Å². The molecule has 1 aliphatic carbocycles. The van der Waals surface area contributed by atoms with Crippen molar-refractivity contribution in [2.24, 2.45) is 7.05 Å². The number of rotatable bonds is 4. The lowest BCUT2D eigenvalue weighted by atomic mass is 10.2. The van der Waals surface area contributed by atoms with Crippen LogP contribution in [0.25, 0.3) is 0 Å². The predicted octanol–water partition coefficient (Wildman–Crippen LogP) is 1.98. The second-order valence-corrected chi connectivity index (χ2v) is 5.64. The number of hydrogen-bond donors (Lipinski definition) is 1. The molecule has 1 fully saturated rings. The highest BCUT2D eigenvalue weighted by molar-refractivity contribution is 7.99. The van der Waals surface area contributed by atoms with Crippen molar-refractivity contribution in [2.45, 2.75) is 43.1 Å². The maximum absolute atomic E-state index is 12.5. The monoisotopic (exact) mass is 308 g/mol. The van der Waals surface area contributed by atoms with Crippen LogP contribution in [-0.4, -0.2) is 32.5 Å². The van der Waals surface area contributed by atoms with Crippen molar-refractivity contribution in [3.05, 3.63) is 5.82 Å². The molecule has 1 amide bonds. The van der Waals surface area contributed by atoms with Crippen LogP contribution in [0.2, 0.25) is 0 Å². The Hall–Kier alpha value is -1.25. The second-order valence-electron chi connectivity index (χ2n) is 4.70. The van der Waals surface area contributed by atoms with Gasteiger partial charge in [-0.1, -0.05) is 24.6 Å². The molecule has 0 spiro atoms. The molecule has 0 radical (unpaired) electrons. The fourth-order valence-corrected chi connectivity index (χ4v) is 2.88. The molecule has 0 aromatic carbocycles. The van der Waals surface area contributed by atoms with Gasteiger partial charge in [-0.25, -0.2) is 0 Å². The molecule has 112 valence electrons. The molecule has 20 heavy (non-hydrogen) atoms. The minimum atomic E-state index is -4.54. The quantitative estimate of drug-likeness (QED) is 0.864. The molecule has 0 unspecified atom stereocenters. The molecule has 1 aliphatic rings. The lowest BCUT2D eigenvalue weighted by Gasteiger charge is -2.11. The highest BCUT2D eigenvalue weighted by Crippen LogP contribution is 2.29. The highest BCUT2D eigenvalue weighted by atomic mass is 32.2. The van der Waals surface area contributed by atoms with E-state index in [9.17, 15) is 18.0 Å². The van der Waals surface area contributed by atoms with Gasteiger partial charge in [-0.15, -0.1) is 10.2 Å². The van der Waals surface area contributed by atoms with E-state index in [1.54, 1.807) is 0 Å².